The van der Waals surface area contributed by atoms with Crippen LogP contribution in [0.3, 0.4) is 0 Å². The summed E-state index contributed by atoms with van der Waals surface area (Å²) in [6.07, 6.45) is 0. The third-order valence-corrected chi connectivity index (χ3v) is 4.36. The number of nitrogens with one attached hydrogen (secondary N) is 1. The van der Waals surface area contributed by atoms with Crippen molar-refractivity contribution in [2.45, 2.75) is 13.8 Å². The molecule has 0 aliphatic carbocycles. The van der Waals surface area contributed by atoms with Crippen molar-refractivity contribution in [2.24, 2.45) is 0 Å². The van der Waals surface area contributed by atoms with Crippen molar-refractivity contribution < 1.29 is 13.9 Å². The first-order valence-corrected chi connectivity index (χ1v) is 8.52. The summed E-state index contributed by atoms with van der Waals surface area (Å²) in [7, 11) is 0. The Balaban J connectivity index is 1.75. The van der Waals surface area contributed by atoms with Crippen LogP contribution >= 0.6 is 23.2 Å². The zero-order chi connectivity index (χ0) is 18.8. The van der Waals surface area contributed by atoms with Crippen LogP contribution in [0.2, 0.25) is 10.0 Å². The van der Waals surface area contributed by atoms with Crippen LogP contribution in [0.15, 0.2) is 45.6 Å². The van der Waals surface area contributed by atoms with Gasteiger partial charge in [-0.2, -0.15) is 0 Å². The summed E-state index contributed by atoms with van der Waals surface area (Å²) in [6.45, 7) is 3.38. The van der Waals surface area contributed by atoms with Crippen LogP contribution in [-0.4, -0.2) is 12.5 Å². The number of anilines is 1. The number of aryl methyl sites for hydroxylation is 2. The molecule has 26 heavy (non-hydrogen) atoms. The molecule has 1 aromatic heterocycles. The Hall–Kier alpha value is -2.50. The lowest BCUT2D eigenvalue weighted by Crippen LogP contribution is -2.20. The molecule has 134 valence electrons. The van der Waals surface area contributed by atoms with Crippen LogP contribution in [-0.2, 0) is 4.79 Å². The molecule has 3 rings (SSSR count). The fourth-order valence-corrected chi connectivity index (χ4v) is 2.97. The SMILES string of the molecule is Cc1cc(Cl)ccc1NC(=O)COc1cc2oc(=O)cc(C)c2cc1Cl. The molecule has 7 heteroatoms. The number of hydrogen-bond acceptors (Lipinski definition) is 4. The lowest BCUT2D eigenvalue weighted by molar-refractivity contribution is -0.118. The number of rotatable bonds is 4. The minimum Gasteiger partial charge on any atom is -0.482 e. The smallest absolute Gasteiger partial charge is 0.336 e. The Morgan fingerprint density at radius 2 is 1.88 bits per heavy atom. The number of carbonyl (C=O) groups is 1. The van der Waals surface area contributed by atoms with Crippen molar-refractivity contribution in [3.8, 4) is 5.75 Å². The van der Waals surface area contributed by atoms with Gasteiger partial charge in [0.1, 0.15) is 11.3 Å². The number of halogens is 2. The first kappa shape index (κ1) is 18.3. The molecule has 0 saturated heterocycles. The van der Waals surface area contributed by atoms with Crippen LogP contribution in [0, 0.1) is 13.8 Å². The van der Waals surface area contributed by atoms with Gasteiger partial charge in [-0.25, -0.2) is 4.79 Å². The molecule has 1 N–H and O–H groups in total. The first-order valence-electron chi connectivity index (χ1n) is 7.76. The maximum Gasteiger partial charge on any atom is 0.336 e. The number of amides is 1. The molecule has 3 aromatic rings. The molecule has 0 aliphatic rings. The maximum atomic E-state index is 12.1. The van der Waals surface area contributed by atoms with E-state index in [0.29, 0.717) is 26.7 Å². The predicted molar refractivity (Wildman–Crippen MR) is 103 cm³/mol. The minimum absolute atomic E-state index is 0.247. The van der Waals surface area contributed by atoms with Gasteiger partial charge in [-0.1, -0.05) is 23.2 Å². The largest absolute Gasteiger partial charge is 0.482 e. The van der Waals surface area contributed by atoms with Crippen molar-refractivity contribution >= 4 is 45.8 Å². The minimum atomic E-state index is -0.459. The molecule has 2 aromatic carbocycles. The highest BCUT2D eigenvalue weighted by Gasteiger charge is 2.12. The van der Waals surface area contributed by atoms with Crippen molar-refractivity contribution in [3.05, 3.63) is 68.0 Å². The molecule has 0 unspecified atom stereocenters. The second-order valence-corrected chi connectivity index (χ2v) is 6.67. The van der Waals surface area contributed by atoms with E-state index in [4.69, 9.17) is 32.4 Å². The van der Waals surface area contributed by atoms with E-state index >= 15 is 0 Å². The van der Waals surface area contributed by atoms with Gasteiger partial charge >= 0.3 is 5.63 Å². The van der Waals surface area contributed by atoms with E-state index in [1.807, 2.05) is 6.92 Å². The number of benzene rings is 2. The van der Waals surface area contributed by atoms with Gasteiger partial charge in [0.05, 0.1) is 5.02 Å². The fraction of sp³-hybridized carbons (Fsp3) is 0.158. The van der Waals surface area contributed by atoms with E-state index < -0.39 is 5.63 Å². The normalized spacial score (nSPS) is 10.8. The lowest BCUT2D eigenvalue weighted by Gasteiger charge is -2.11. The summed E-state index contributed by atoms with van der Waals surface area (Å²) in [5.74, 6) is -0.0897. The summed E-state index contributed by atoms with van der Waals surface area (Å²) < 4.78 is 10.7. The summed E-state index contributed by atoms with van der Waals surface area (Å²) in [6, 6.07) is 9.70. The van der Waals surface area contributed by atoms with Crippen molar-refractivity contribution in [2.75, 3.05) is 11.9 Å². The molecular formula is C19H15Cl2NO4. The molecule has 1 heterocycles. The average Bonchev–Trinajstić information content (AvgIpc) is 2.56. The van der Waals surface area contributed by atoms with E-state index in [0.717, 1.165) is 11.1 Å². The molecule has 0 fully saturated rings. The second-order valence-electron chi connectivity index (χ2n) is 5.82. The zero-order valence-electron chi connectivity index (χ0n) is 14.1. The molecule has 5 nitrogen and oxygen atoms in total. The van der Waals surface area contributed by atoms with Gasteiger partial charge in [0.15, 0.2) is 6.61 Å². The van der Waals surface area contributed by atoms with Crippen molar-refractivity contribution in [3.63, 3.8) is 0 Å². The van der Waals surface area contributed by atoms with Gasteiger partial charge in [-0.05, 0) is 49.2 Å². The standard InChI is InChI=1S/C19H15Cl2NO4/c1-10-6-19(24)26-16-8-17(14(21)7-13(10)16)25-9-18(23)22-15-4-3-12(20)5-11(15)2/h3-8H,9H2,1-2H3,(H,22,23). The van der Waals surface area contributed by atoms with Gasteiger partial charge < -0.3 is 14.5 Å². The van der Waals surface area contributed by atoms with Crippen LogP contribution in [0.1, 0.15) is 11.1 Å². The molecule has 0 aliphatic heterocycles. The molecule has 0 spiro atoms. The first-order chi connectivity index (χ1) is 12.3. The van der Waals surface area contributed by atoms with Crippen LogP contribution < -0.4 is 15.7 Å². The summed E-state index contributed by atoms with van der Waals surface area (Å²) >= 11 is 12.1. The van der Waals surface area contributed by atoms with Crippen LogP contribution in [0.25, 0.3) is 11.0 Å². The zero-order valence-corrected chi connectivity index (χ0v) is 15.6. The van der Waals surface area contributed by atoms with Crippen LogP contribution in [0.5, 0.6) is 5.75 Å². The third-order valence-electron chi connectivity index (χ3n) is 3.83. The molecule has 0 saturated carbocycles. The van der Waals surface area contributed by atoms with E-state index in [-0.39, 0.29) is 18.3 Å². The van der Waals surface area contributed by atoms with Gasteiger partial charge in [0.2, 0.25) is 0 Å². The lowest BCUT2D eigenvalue weighted by atomic mass is 10.1. The van der Waals surface area contributed by atoms with Crippen molar-refractivity contribution in [1.82, 2.24) is 0 Å². The fourth-order valence-electron chi connectivity index (χ4n) is 2.53. The molecular weight excluding hydrogens is 377 g/mol. The number of ether oxygens (including phenoxy) is 1. The highest BCUT2D eigenvalue weighted by molar-refractivity contribution is 6.33. The van der Waals surface area contributed by atoms with E-state index in [1.54, 1.807) is 31.2 Å². The van der Waals surface area contributed by atoms with E-state index in [1.165, 1.54) is 12.1 Å². The van der Waals surface area contributed by atoms with Crippen LogP contribution in [0.4, 0.5) is 5.69 Å². The topological polar surface area (TPSA) is 68.5 Å². The monoisotopic (exact) mass is 391 g/mol. The number of carbonyl (C=O) groups excluding carboxylic acids is 1. The Labute approximate surface area is 159 Å². The Morgan fingerprint density at radius 1 is 1.12 bits per heavy atom. The molecule has 1 amide bonds. The summed E-state index contributed by atoms with van der Waals surface area (Å²) in [5, 5.41) is 4.37. The second kappa shape index (κ2) is 7.40. The maximum absolute atomic E-state index is 12.1. The quantitative estimate of drug-likeness (QED) is 0.652. The van der Waals surface area contributed by atoms with Gasteiger partial charge in [0.25, 0.3) is 5.91 Å². The molecule has 0 radical (unpaired) electrons. The van der Waals surface area contributed by atoms with Gasteiger partial charge in [-0.15, -0.1) is 0 Å². The Morgan fingerprint density at radius 3 is 2.62 bits per heavy atom. The third kappa shape index (κ3) is 4.00. The Kier molecular flexibility index (Phi) is 5.20. The van der Waals surface area contributed by atoms with E-state index in [2.05, 4.69) is 5.32 Å². The summed E-state index contributed by atoms with van der Waals surface area (Å²) in [4.78, 5) is 23.6. The average molecular weight is 392 g/mol. The van der Waals surface area contributed by atoms with E-state index in [9.17, 15) is 9.59 Å². The van der Waals surface area contributed by atoms with Gasteiger partial charge in [-0.3, -0.25) is 4.79 Å². The summed E-state index contributed by atoms with van der Waals surface area (Å²) in [5.41, 5.74) is 2.13. The highest BCUT2D eigenvalue weighted by atomic mass is 35.5. The highest BCUT2D eigenvalue weighted by Crippen LogP contribution is 2.31. The predicted octanol–water partition coefficient (Wildman–Crippen LogP) is 4.73. The Bertz CT molecular complexity index is 1060. The molecule has 0 bridgehead atoms. The van der Waals surface area contributed by atoms with Crippen molar-refractivity contribution in [1.29, 1.82) is 0 Å². The number of fused-ring (bicyclic) bond motifs is 1. The number of hydrogen-bond donors (Lipinski definition) is 1. The molecule has 0 atom stereocenters. The van der Waals surface area contributed by atoms with Gasteiger partial charge in [0, 0.05) is 28.2 Å².